The number of aromatic amines is 1. The van der Waals surface area contributed by atoms with E-state index in [4.69, 9.17) is 9.47 Å². The van der Waals surface area contributed by atoms with Crippen molar-refractivity contribution in [3.05, 3.63) is 70.5 Å². The van der Waals surface area contributed by atoms with Gasteiger partial charge in [0.2, 0.25) is 5.95 Å². The summed E-state index contributed by atoms with van der Waals surface area (Å²) < 4.78 is 11.7. The molecule has 0 unspecified atom stereocenters. The lowest BCUT2D eigenvalue weighted by molar-refractivity contribution is 0.0600. The third-order valence-electron chi connectivity index (χ3n) is 4.33. The molecule has 2 heterocycles. The van der Waals surface area contributed by atoms with Gasteiger partial charge in [-0.2, -0.15) is 0 Å². The molecule has 0 atom stereocenters. The molecular weight excluding hydrogens is 436 g/mol. The molecule has 0 spiro atoms. The largest absolute Gasteiger partial charge is 0.465 e. The van der Waals surface area contributed by atoms with Crippen LogP contribution >= 0.6 is 15.9 Å². The van der Waals surface area contributed by atoms with E-state index in [-0.39, 0.29) is 0 Å². The van der Waals surface area contributed by atoms with E-state index < -0.39 is 5.97 Å². The van der Waals surface area contributed by atoms with Crippen LogP contribution in [0.25, 0.3) is 11.0 Å². The zero-order valence-electron chi connectivity index (χ0n) is 15.7. The molecule has 0 aliphatic rings. The number of hydrogen-bond donors (Lipinski definition) is 2. The molecule has 146 valence electrons. The number of halogens is 1. The summed E-state index contributed by atoms with van der Waals surface area (Å²) in [6.07, 6.45) is 2.98. The van der Waals surface area contributed by atoms with E-state index >= 15 is 0 Å². The van der Waals surface area contributed by atoms with Crippen molar-refractivity contribution in [2.45, 2.75) is 6.92 Å². The van der Waals surface area contributed by atoms with Gasteiger partial charge in [-0.15, -0.1) is 0 Å². The molecule has 2 aromatic carbocycles. The van der Waals surface area contributed by atoms with Gasteiger partial charge in [0.05, 0.1) is 29.9 Å². The zero-order chi connectivity index (χ0) is 20.4. The normalized spacial score (nSPS) is 10.7. The van der Waals surface area contributed by atoms with E-state index in [1.807, 2.05) is 43.3 Å². The van der Waals surface area contributed by atoms with Gasteiger partial charge in [0, 0.05) is 21.9 Å². The molecule has 0 saturated carbocycles. The lowest BCUT2D eigenvalue weighted by atomic mass is 10.2. The maximum Gasteiger partial charge on any atom is 0.339 e. The Balaban J connectivity index is 1.61. The van der Waals surface area contributed by atoms with Gasteiger partial charge >= 0.3 is 5.97 Å². The minimum Gasteiger partial charge on any atom is -0.465 e. The first-order valence-corrected chi connectivity index (χ1v) is 9.56. The number of nitrogens with one attached hydrogen (secondary N) is 2. The van der Waals surface area contributed by atoms with Gasteiger partial charge in [-0.25, -0.2) is 9.78 Å². The molecule has 7 nitrogen and oxygen atoms in total. The highest BCUT2D eigenvalue weighted by molar-refractivity contribution is 9.10. The number of carbonyl (C=O) groups excluding carboxylic acids is 1. The number of aromatic nitrogens is 3. The summed E-state index contributed by atoms with van der Waals surface area (Å²) >= 11 is 3.42. The Labute approximate surface area is 175 Å². The third kappa shape index (κ3) is 4.07. The number of benzene rings is 2. The number of pyridine rings is 1. The van der Waals surface area contributed by atoms with Crippen molar-refractivity contribution in [3.63, 3.8) is 0 Å². The van der Waals surface area contributed by atoms with Gasteiger partial charge in [0.1, 0.15) is 11.5 Å². The standard InChI is InChI=1S/C21H17BrN4O3/c1-12-18(29-16-9-13(10-23-11-16)20(27)28-2)8-7-17-19(12)26-21(25-17)24-15-5-3-14(22)4-6-15/h3-11H,1-2H3,(H2,24,25,26). The summed E-state index contributed by atoms with van der Waals surface area (Å²) in [6.45, 7) is 1.93. The molecule has 0 aliphatic heterocycles. The second-order valence-electron chi connectivity index (χ2n) is 6.31. The summed E-state index contributed by atoms with van der Waals surface area (Å²) in [7, 11) is 1.32. The molecule has 2 aromatic heterocycles. The molecule has 8 heteroatoms. The van der Waals surface area contributed by atoms with Gasteiger partial charge in [-0.1, -0.05) is 15.9 Å². The van der Waals surface area contributed by atoms with Crippen molar-refractivity contribution in [2.75, 3.05) is 12.4 Å². The van der Waals surface area contributed by atoms with Gasteiger partial charge < -0.3 is 19.8 Å². The number of imidazole rings is 1. The van der Waals surface area contributed by atoms with E-state index in [1.165, 1.54) is 13.3 Å². The molecule has 0 amide bonds. The smallest absolute Gasteiger partial charge is 0.339 e. The molecule has 0 aliphatic carbocycles. The van der Waals surface area contributed by atoms with Crippen molar-refractivity contribution >= 4 is 44.6 Å². The van der Waals surface area contributed by atoms with Gasteiger partial charge in [-0.05, 0) is 49.4 Å². The van der Waals surface area contributed by atoms with Crippen LogP contribution in [0.4, 0.5) is 11.6 Å². The number of H-pyrrole nitrogens is 1. The highest BCUT2D eigenvalue weighted by atomic mass is 79.9. The van der Waals surface area contributed by atoms with Crippen molar-refractivity contribution < 1.29 is 14.3 Å². The Morgan fingerprint density at radius 3 is 2.69 bits per heavy atom. The molecule has 0 bridgehead atoms. The monoisotopic (exact) mass is 452 g/mol. The number of aryl methyl sites for hydroxylation is 1. The number of anilines is 2. The number of esters is 1. The lowest BCUT2D eigenvalue weighted by Gasteiger charge is -2.09. The minimum absolute atomic E-state index is 0.324. The summed E-state index contributed by atoms with van der Waals surface area (Å²) in [5.74, 6) is 1.24. The number of hydrogen-bond acceptors (Lipinski definition) is 6. The van der Waals surface area contributed by atoms with Crippen LogP contribution in [0.15, 0.2) is 59.3 Å². The van der Waals surface area contributed by atoms with E-state index in [9.17, 15) is 4.79 Å². The van der Waals surface area contributed by atoms with Crippen LogP contribution in [0.1, 0.15) is 15.9 Å². The van der Waals surface area contributed by atoms with E-state index in [0.717, 1.165) is 26.8 Å². The summed E-state index contributed by atoms with van der Waals surface area (Å²) in [5, 5.41) is 3.25. The van der Waals surface area contributed by atoms with Crippen molar-refractivity contribution in [1.29, 1.82) is 0 Å². The molecule has 4 aromatic rings. The summed E-state index contributed by atoms with van der Waals surface area (Å²) in [4.78, 5) is 23.6. The quantitative estimate of drug-likeness (QED) is 0.396. The van der Waals surface area contributed by atoms with Crippen LogP contribution in [-0.2, 0) is 4.74 Å². The van der Waals surface area contributed by atoms with Crippen LogP contribution < -0.4 is 10.1 Å². The molecular formula is C21H17BrN4O3. The highest BCUT2D eigenvalue weighted by Gasteiger charge is 2.13. The zero-order valence-corrected chi connectivity index (χ0v) is 17.3. The van der Waals surface area contributed by atoms with Gasteiger partial charge in [0.25, 0.3) is 0 Å². The van der Waals surface area contributed by atoms with Crippen molar-refractivity contribution in [3.8, 4) is 11.5 Å². The molecule has 0 fully saturated rings. The number of ether oxygens (including phenoxy) is 2. The average Bonchev–Trinajstić information content (AvgIpc) is 3.15. The van der Waals surface area contributed by atoms with Crippen LogP contribution in [-0.4, -0.2) is 28.0 Å². The van der Waals surface area contributed by atoms with Gasteiger partial charge in [0.15, 0.2) is 0 Å². The fraction of sp³-hybridized carbons (Fsp3) is 0.0952. The van der Waals surface area contributed by atoms with Gasteiger partial charge in [-0.3, -0.25) is 4.98 Å². The predicted octanol–water partition coefficient (Wildman–Crippen LogP) is 5.35. The Hall–Kier alpha value is -3.39. The number of rotatable bonds is 5. The molecule has 2 N–H and O–H groups in total. The molecule has 0 saturated heterocycles. The summed E-state index contributed by atoms with van der Waals surface area (Å²) in [6, 6.07) is 13.2. The number of fused-ring (bicyclic) bond motifs is 1. The Morgan fingerprint density at radius 2 is 1.93 bits per heavy atom. The van der Waals surface area contributed by atoms with E-state index in [2.05, 4.69) is 36.2 Å². The summed E-state index contributed by atoms with van der Waals surface area (Å²) in [5.41, 5.74) is 3.79. The number of nitrogens with zero attached hydrogens (tertiary/aromatic N) is 2. The molecule has 0 radical (unpaired) electrons. The fourth-order valence-corrected chi connectivity index (χ4v) is 3.13. The molecule has 4 rings (SSSR count). The van der Waals surface area contributed by atoms with E-state index in [1.54, 1.807) is 12.3 Å². The lowest BCUT2D eigenvalue weighted by Crippen LogP contribution is -2.02. The first-order chi connectivity index (χ1) is 14.0. The Kier molecular flexibility index (Phi) is 5.18. The Bertz CT molecular complexity index is 1190. The molecule has 29 heavy (non-hydrogen) atoms. The topological polar surface area (TPSA) is 89.1 Å². The average molecular weight is 453 g/mol. The minimum atomic E-state index is -0.467. The highest BCUT2D eigenvalue weighted by Crippen LogP contribution is 2.31. The van der Waals surface area contributed by atoms with Crippen molar-refractivity contribution in [2.24, 2.45) is 0 Å². The number of methoxy groups -OCH3 is 1. The van der Waals surface area contributed by atoms with Crippen molar-refractivity contribution in [1.82, 2.24) is 15.0 Å². The first kappa shape index (κ1) is 18.9. The van der Waals surface area contributed by atoms with Crippen LogP contribution in [0.5, 0.6) is 11.5 Å². The van der Waals surface area contributed by atoms with E-state index in [0.29, 0.717) is 23.0 Å². The third-order valence-corrected chi connectivity index (χ3v) is 4.86. The first-order valence-electron chi connectivity index (χ1n) is 8.76. The second kappa shape index (κ2) is 7.92. The van der Waals surface area contributed by atoms with Crippen LogP contribution in [0.2, 0.25) is 0 Å². The van der Waals surface area contributed by atoms with Crippen LogP contribution in [0, 0.1) is 6.92 Å². The second-order valence-corrected chi connectivity index (χ2v) is 7.22. The maximum absolute atomic E-state index is 11.7. The SMILES string of the molecule is COC(=O)c1cncc(Oc2ccc3[nH]c(Nc4ccc(Br)cc4)nc3c2C)c1. The Morgan fingerprint density at radius 1 is 1.14 bits per heavy atom. The fourth-order valence-electron chi connectivity index (χ4n) is 2.86. The predicted molar refractivity (Wildman–Crippen MR) is 114 cm³/mol. The number of carbonyl (C=O) groups is 1. The maximum atomic E-state index is 11.7. The van der Waals surface area contributed by atoms with Crippen LogP contribution in [0.3, 0.4) is 0 Å².